The summed E-state index contributed by atoms with van der Waals surface area (Å²) < 4.78 is 5.31. The minimum Gasteiger partial charge on any atom is -0.496 e. The molecule has 0 saturated heterocycles. The van der Waals surface area contributed by atoms with Crippen LogP contribution in [0.1, 0.15) is 18.5 Å². The summed E-state index contributed by atoms with van der Waals surface area (Å²) in [5.41, 5.74) is 7.93. The molecule has 0 aliphatic carbocycles. The Labute approximate surface area is 96.6 Å². The van der Waals surface area contributed by atoms with E-state index < -0.39 is 0 Å². The molecule has 0 saturated carbocycles. The molecular weight excluding hydrogens is 204 g/mol. The molecule has 1 aromatic rings. The third kappa shape index (κ3) is 2.65. The van der Waals surface area contributed by atoms with Crippen LogP contribution in [-0.2, 0) is 0 Å². The summed E-state index contributed by atoms with van der Waals surface area (Å²) in [5.74, 6) is 0.789. The van der Waals surface area contributed by atoms with Crippen LogP contribution in [0.3, 0.4) is 0 Å². The second-order valence-corrected chi connectivity index (χ2v) is 3.83. The van der Waals surface area contributed by atoms with Gasteiger partial charge in [-0.15, -0.1) is 0 Å². The molecule has 0 fully saturated rings. The summed E-state index contributed by atoms with van der Waals surface area (Å²) in [5, 5.41) is 8.95. The van der Waals surface area contributed by atoms with Crippen LogP contribution in [0, 0.1) is 0 Å². The Morgan fingerprint density at radius 3 is 2.69 bits per heavy atom. The van der Waals surface area contributed by atoms with Gasteiger partial charge in [-0.05, 0) is 19.1 Å². The number of aliphatic hydroxyl groups excluding tert-OH is 1. The molecule has 3 N–H and O–H groups in total. The predicted molar refractivity (Wildman–Crippen MR) is 66.0 cm³/mol. The third-order valence-corrected chi connectivity index (χ3v) is 2.57. The fraction of sp³-hybridized carbons (Fsp3) is 0.500. The van der Waals surface area contributed by atoms with Crippen molar-refractivity contribution in [3.8, 4) is 5.75 Å². The van der Waals surface area contributed by atoms with E-state index in [4.69, 9.17) is 15.6 Å². The molecule has 1 atom stereocenters. The zero-order valence-corrected chi connectivity index (χ0v) is 10.1. The molecule has 4 nitrogen and oxygen atoms in total. The molecule has 0 heterocycles. The molecule has 0 aliphatic rings. The lowest BCUT2D eigenvalue weighted by atomic mass is 10.0. The lowest BCUT2D eigenvalue weighted by molar-refractivity contribution is 0.304. The zero-order chi connectivity index (χ0) is 12.1. The van der Waals surface area contributed by atoms with Crippen molar-refractivity contribution in [2.24, 2.45) is 5.73 Å². The lowest BCUT2D eigenvalue weighted by Crippen LogP contribution is -2.24. The first-order chi connectivity index (χ1) is 7.61. The van der Waals surface area contributed by atoms with Gasteiger partial charge in [-0.1, -0.05) is 6.07 Å². The number of likely N-dealkylation sites (N-methyl/N-ethyl adjacent to an activating group) is 1. The molecule has 1 unspecified atom stereocenters. The van der Waals surface area contributed by atoms with Crippen molar-refractivity contribution in [1.29, 1.82) is 0 Å². The van der Waals surface area contributed by atoms with Gasteiger partial charge >= 0.3 is 0 Å². The maximum Gasteiger partial charge on any atom is 0.125 e. The quantitative estimate of drug-likeness (QED) is 0.787. The minimum absolute atomic E-state index is 0.104. The van der Waals surface area contributed by atoms with Crippen LogP contribution in [0.25, 0.3) is 0 Å². The molecule has 0 bridgehead atoms. The smallest absolute Gasteiger partial charge is 0.125 e. The Kier molecular flexibility index (Phi) is 4.58. The van der Waals surface area contributed by atoms with Gasteiger partial charge in [0.2, 0.25) is 0 Å². The summed E-state index contributed by atoms with van der Waals surface area (Å²) >= 11 is 0. The van der Waals surface area contributed by atoms with E-state index in [1.165, 1.54) is 0 Å². The number of benzene rings is 1. The van der Waals surface area contributed by atoms with Crippen molar-refractivity contribution < 1.29 is 9.84 Å². The van der Waals surface area contributed by atoms with E-state index in [2.05, 4.69) is 0 Å². The highest BCUT2D eigenvalue weighted by Gasteiger charge is 2.15. The van der Waals surface area contributed by atoms with Crippen LogP contribution >= 0.6 is 0 Å². The molecule has 0 radical (unpaired) electrons. The molecule has 90 valence electrons. The van der Waals surface area contributed by atoms with E-state index in [0.29, 0.717) is 6.54 Å². The van der Waals surface area contributed by atoms with Gasteiger partial charge in [-0.3, -0.25) is 0 Å². The summed E-state index contributed by atoms with van der Waals surface area (Å²) in [4.78, 5) is 1.97. The monoisotopic (exact) mass is 224 g/mol. The highest BCUT2D eigenvalue weighted by molar-refractivity contribution is 5.60. The molecule has 1 rings (SSSR count). The van der Waals surface area contributed by atoms with Crippen molar-refractivity contribution in [3.63, 3.8) is 0 Å². The molecule has 0 amide bonds. The van der Waals surface area contributed by atoms with Crippen molar-refractivity contribution in [1.82, 2.24) is 0 Å². The van der Waals surface area contributed by atoms with Gasteiger partial charge in [-0.2, -0.15) is 0 Å². The Balaban J connectivity index is 3.16. The van der Waals surface area contributed by atoms with Gasteiger partial charge in [0.1, 0.15) is 5.75 Å². The molecule has 0 aromatic heterocycles. The number of nitrogens with two attached hydrogens (primary N) is 1. The Morgan fingerprint density at radius 1 is 1.50 bits per heavy atom. The summed E-state index contributed by atoms with van der Waals surface area (Å²) in [6, 6.07) is 5.70. The molecule has 0 spiro atoms. The summed E-state index contributed by atoms with van der Waals surface area (Å²) in [6.07, 6.45) is 0. The van der Waals surface area contributed by atoms with E-state index >= 15 is 0 Å². The van der Waals surface area contributed by atoms with Crippen LogP contribution in [0.2, 0.25) is 0 Å². The summed E-state index contributed by atoms with van der Waals surface area (Å²) in [6.45, 7) is 2.62. The van der Waals surface area contributed by atoms with Crippen LogP contribution in [0.5, 0.6) is 5.75 Å². The van der Waals surface area contributed by atoms with Gasteiger partial charge in [0, 0.05) is 30.9 Å². The Morgan fingerprint density at radius 2 is 2.19 bits per heavy atom. The van der Waals surface area contributed by atoms with Crippen molar-refractivity contribution in [2.75, 3.05) is 32.2 Å². The fourth-order valence-corrected chi connectivity index (χ4v) is 1.77. The Hall–Kier alpha value is -1.26. The van der Waals surface area contributed by atoms with E-state index in [1.807, 2.05) is 37.1 Å². The van der Waals surface area contributed by atoms with Crippen molar-refractivity contribution >= 4 is 5.69 Å². The maximum absolute atomic E-state index is 8.95. The van der Waals surface area contributed by atoms with Crippen LogP contribution in [0.4, 0.5) is 5.69 Å². The van der Waals surface area contributed by atoms with Gasteiger partial charge in [0.05, 0.1) is 13.7 Å². The highest BCUT2D eigenvalue weighted by atomic mass is 16.5. The largest absolute Gasteiger partial charge is 0.496 e. The number of aliphatic hydroxyl groups is 1. The first-order valence-corrected chi connectivity index (χ1v) is 5.36. The zero-order valence-electron chi connectivity index (χ0n) is 10.1. The third-order valence-electron chi connectivity index (χ3n) is 2.57. The van der Waals surface area contributed by atoms with E-state index in [9.17, 15) is 0 Å². The van der Waals surface area contributed by atoms with Gasteiger partial charge in [0.25, 0.3) is 0 Å². The fourth-order valence-electron chi connectivity index (χ4n) is 1.77. The first kappa shape index (κ1) is 12.8. The molecular formula is C12H20N2O2. The standard InChI is InChI=1S/C12H20N2O2/c1-9(13)12-10(14(2)7-8-15)5-4-6-11(12)16-3/h4-6,9,15H,7-8,13H2,1-3H3. The predicted octanol–water partition coefficient (Wildman–Crippen LogP) is 1.14. The summed E-state index contributed by atoms with van der Waals surface area (Å²) in [7, 11) is 3.56. The maximum atomic E-state index is 8.95. The molecule has 1 aromatic carbocycles. The number of rotatable bonds is 5. The van der Waals surface area contributed by atoms with Crippen LogP contribution in [-0.4, -0.2) is 32.4 Å². The number of hydrogen-bond acceptors (Lipinski definition) is 4. The Bertz CT molecular complexity index is 340. The number of methoxy groups -OCH3 is 1. The SMILES string of the molecule is COc1cccc(N(C)CCO)c1C(C)N. The number of ether oxygens (including phenoxy) is 1. The second-order valence-electron chi connectivity index (χ2n) is 3.83. The van der Waals surface area contributed by atoms with Gasteiger partial charge in [-0.25, -0.2) is 0 Å². The number of anilines is 1. The normalized spacial score (nSPS) is 12.3. The lowest BCUT2D eigenvalue weighted by Gasteiger charge is -2.24. The average Bonchev–Trinajstić information content (AvgIpc) is 2.28. The minimum atomic E-state index is -0.104. The molecule has 16 heavy (non-hydrogen) atoms. The van der Waals surface area contributed by atoms with E-state index in [1.54, 1.807) is 7.11 Å². The molecule has 4 heteroatoms. The topological polar surface area (TPSA) is 58.7 Å². The average molecular weight is 224 g/mol. The van der Waals surface area contributed by atoms with Gasteiger partial charge in [0.15, 0.2) is 0 Å². The highest BCUT2D eigenvalue weighted by Crippen LogP contribution is 2.32. The number of hydrogen-bond donors (Lipinski definition) is 2. The molecule has 0 aliphatic heterocycles. The van der Waals surface area contributed by atoms with Crippen molar-refractivity contribution in [2.45, 2.75) is 13.0 Å². The number of nitrogens with zero attached hydrogens (tertiary/aromatic N) is 1. The van der Waals surface area contributed by atoms with Gasteiger partial charge < -0.3 is 20.5 Å². The second kappa shape index (κ2) is 5.72. The van der Waals surface area contributed by atoms with E-state index in [-0.39, 0.29) is 12.6 Å². The van der Waals surface area contributed by atoms with Crippen LogP contribution < -0.4 is 15.4 Å². The first-order valence-electron chi connectivity index (χ1n) is 5.36. The van der Waals surface area contributed by atoms with Crippen molar-refractivity contribution in [3.05, 3.63) is 23.8 Å². The van der Waals surface area contributed by atoms with Crippen LogP contribution in [0.15, 0.2) is 18.2 Å². The van der Waals surface area contributed by atoms with E-state index in [0.717, 1.165) is 17.0 Å².